The number of ether oxygens (including phenoxy) is 2. The van der Waals surface area contributed by atoms with Crippen LogP contribution in [-0.2, 0) is 0 Å². The van der Waals surface area contributed by atoms with E-state index >= 15 is 0 Å². The van der Waals surface area contributed by atoms with Crippen molar-refractivity contribution in [1.29, 1.82) is 0 Å². The number of nitrogens with zero attached hydrogens (tertiary/aromatic N) is 2. The third-order valence-corrected chi connectivity index (χ3v) is 6.25. The number of fused-ring (bicyclic) bond motifs is 3. The molecule has 0 bridgehead atoms. The smallest absolute Gasteiger partial charge is 0.215 e. The minimum atomic E-state index is -0.495. The zero-order valence-corrected chi connectivity index (χ0v) is 18.2. The van der Waals surface area contributed by atoms with E-state index in [0.29, 0.717) is 27.2 Å². The van der Waals surface area contributed by atoms with Crippen LogP contribution in [0.5, 0.6) is 11.5 Å². The fourth-order valence-electron chi connectivity index (χ4n) is 3.95. The molecule has 3 aromatic rings. The summed E-state index contributed by atoms with van der Waals surface area (Å²) in [5.74, 6) is 1.43. The van der Waals surface area contributed by atoms with Crippen LogP contribution in [0.15, 0.2) is 65.8 Å². The molecule has 2 aliphatic rings. The molecule has 3 aromatic carbocycles. The third-order valence-electron chi connectivity index (χ3n) is 5.40. The molecule has 0 aliphatic carbocycles. The molecular weight excluding hydrogens is 443 g/mol. The van der Waals surface area contributed by atoms with Crippen LogP contribution in [0.2, 0.25) is 15.1 Å². The zero-order valence-electron chi connectivity index (χ0n) is 16.0. The highest BCUT2D eigenvalue weighted by molar-refractivity contribution is 6.35. The zero-order chi connectivity index (χ0) is 20.8. The minimum absolute atomic E-state index is 0.0664. The molecule has 2 aliphatic heterocycles. The first kappa shape index (κ1) is 19.6. The van der Waals surface area contributed by atoms with E-state index in [4.69, 9.17) is 49.4 Å². The molecule has 0 amide bonds. The Kier molecular flexibility index (Phi) is 5.02. The van der Waals surface area contributed by atoms with Crippen LogP contribution < -0.4 is 9.47 Å². The number of hydrogen-bond donors (Lipinski definition) is 0. The second-order valence-corrected chi connectivity index (χ2v) is 8.42. The first-order valence-electron chi connectivity index (χ1n) is 9.45. The second kappa shape index (κ2) is 7.69. The predicted molar refractivity (Wildman–Crippen MR) is 120 cm³/mol. The van der Waals surface area contributed by atoms with Gasteiger partial charge in [-0.25, -0.2) is 5.01 Å². The molecule has 152 valence electrons. The van der Waals surface area contributed by atoms with E-state index in [9.17, 15) is 0 Å². The van der Waals surface area contributed by atoms with Crippen molar-refractivity contribution in [2.75, 3.05) is 7.11 Å². The molecule has 0 saturated carbocycles. The van der Waals surface area contributed by atoms with E-state index in [2.05, 4.69) is 0 Å². The highest BCUT2D eigenvalue weighted by atomic mass is 35.5. The highest BCUT2D eigenvalue weighted by Crippen LogP contribution is 2.51. The van der Waals surface area contributed by atoms with E-state index in [1.54, 1.807) is 13.2 Å². The Bertz CT molecular complexity index is 1150. The van der Waals surface area contributed by atoms with E-state index in [-0.39, 0.29) is 6.04 Å². The quantitative estimate of drug-likeness (QED) is 0.427. The van der Waals surface area contributed by atoms with Gasteiger partial charge in [-0.1, -0.05) is 53.0 Å². The van der Waals surface area contributed by atoms with Crippen molar-refractivity contribution >= 4 is 40.5 Å². The normalized spacial score (nSPS) is 19.6. The van der Waals surface area contributed by atoms with Crippen molar-refractivity contribution in [3.8, 4) is 11.5 Å². The van der Waals surface area contributed by atoms with Gasteiger partial charge in [-0.2, -0.15) is 5.10 Å². The first-order valence-corrected chi connectivity index (χ1v) is 10.6. The van der Waals surface area contributed by atoms with Crippen LogP contribution in [0.4, 0.5) is 0 Å². The lowest BCUT2D eigenvalue weighted by Crippen LogP contribution is -2.34. The molecule has 0 unspecified atom stereocenters. The number of halogens is 3. The average molecular weight is 460 g/mol. The lowest BCUT2D eigenvalue weighted by molar-refractivity contribution is -0.0188. The standard InChI is InChI=1S/C23H17Cl3N2O2/c1-29-15-8-6-13(7-9-15)20-12-21-17-10-14(24)11-19(26)22(17)30-23(28(21)27-20)16-4-2-3-5-18(16)25/h2-11,21,23H,12H2,1H3/t21-,23-/m1/s1. The molecule has 5 rings (SSSR count). The van der Waals surface area contributed by atoms with Crippen LogP contribution in [-0.4, -0.2) is 17.8 Å². The van der Waals surface area contributed by atoms with Gasteiger partial charge < -0.3 is 9.47 Å². The lowest BCUT2D eigenvalue weighted by Gasteiger charge is -2.38. The van der Waals surface area contributed by atoms with Crippen molar-refractivity contribution in [3.05, 3.63) is 92.4 Å². The summed E-state index contributed by atoms with van der Waals surface area (Å²) < 4.78 is 11.6. The molecule has 0 spiro atoms. The fraction of sp³-hybridized carbons (Fsp3) is 0.174. The van der Waals surface area contributed by atoms with Crippen LogP contribution >= 0.6 is 34.8 Å². The van der Waals surface area contributed by atoms with E-state index in [1.807, 2.05) is 59.6 Å². The second-order valence-electron chi connectivity index (χ2n) is 7.17. The van der Waals surface area contributed by atoms with Crippen molar-refractivity contribution < 1.29 is 9.47 Å². The highest BCUT2D eigenvalue weighted by Gasteiger charge is 2.42. The lowest BCUT2D eigenvalue weighted by atomic mass is 9.96. The Labute approximate surface area is 189 Å². The number of hydrogen-bond acceptors (Lipinski definition) is 4. The van der Waals surface area contributed by atoms with Crippen LogP contribution in [0, 0.1) is 0 Å². The summed E-state index contributed by atoms with van der Waals surface area (Å²) in [5, 5.41) is 8.55. The van der Waals surface area contributed by atoms with Gasteiger partial charge in [0.15, 0.2) is 0 Å². The van der Waals surface area contributed by atoms with Gasteiger partial charge in [0.2, 0.25) is 6.23 Å². The van der Waals surface area contributed by atoms with E-state index in [1.165, 1.54) is 0 Å². The van der Waals surface area contributed by atoms with E-state index in [0.717, 1.165) is 28.2 Å². The van der Waals surface area contributed by atoms with Gasteiger partial charge in [0, 0.05) is 27.6 Å². The number of methoxy groups -OCH3 is 1. The SMILES string of the molecule is COc1ccc(C2=NN3[C@H](C2)c2cc(Cl)cc(Cl)c2O[C@@H]3c2ccccc2Cl)cc1. The molecule has 0 fully saturated rings. The first-order chi connectivity index (χ1) is 14.5. The molecule has 0 saturated heterocycles. The van der Waals surface area contributed by atoms with Gasteiger partial charge in [-0.05, 0) is 48.0 Å². The molecule has 4 nitrogen and oxygen atoms in total. The van der Waals surface area contributed by atoms with Crippen molar-refractivity contribution in [2.45, 2.75) is 18.7 Å². The minimum Gasteiger partial charge on any atom is -0.497 e. The molecule has 2 heterocycles. The largest absolute Gasteiger partial charge is 0.497 e. The van der Waals surface area contributed by atoms with Crippen molar-refractivity contribution in [1.82, 2.24) is 5.01 Å². The fourth-order valence-corrected chi connectivity index (χ4v) is 4.74. The molecule has 2 atom stereocenters. The van der Waals surface area contributed by atoms with Gasteiger partial charge in [-0.15, -0.1) is 0 Å². The third kappa shape index (κ3) is 3.29. The Hall–Kier alpha value is -2.40. The summed E-state index contributed by atoms with van der Waals surface area (Å²) in [5.41, 5.74) is 3.73. The van der Waals surface area contributed by atoms with Gasteiger partial charge in [-0.3, -0.25) is 0 Å². The summed E-state index contributed by atoms with van der Waals surface area (Å²) >= 11 is 19.3. The monoisotopic (exact) mass is 458 g/mol. The predicted octanol–water partition coefficient (Wildman–Crippen LogP) is 6.90. The molecule has 7 heteroatoms. The van der Waals surface area contributed by atoms with Crippen molar-refractivity contribution in [2.24, 2.45) is 5.10 Å². The average Bonchev–Trinajstić information content (AvgIpc) is 3.20. The Morgan fingerprint density at radius 2 is 1.73 bits per heavy atom. The Morgan fingerprint density at radius 1 is 0.967 bits per heavy atom. The molecule has 0 N–H and O–H groups in total. The van der Waals surface area contributed by atoms with Gasteiger partial charge in [0.05, 0.1) is 23.9 Å². The maximum atomic E-state index is 6.50. The number of benzene rings is 3. The summed E-state index contributed by atoms with van der Waals surface area (Å²) in [6.45, 7) is 0. The summed E-state index contributed by atoms with van der Waals surface area (Å²) in [7, 11) is 1.65. The summed E-state index contributed by atoms with van der Waals surface area (Å²) in [6.07, 6.45) is 0.200. The Balaban J connectivity index is 1.62. The Morgan fingerprint density at radius 3 is 2.47 bits per heavy atom. The summed E-state index contributed by atoms with van der Waals surface area (Å²) in [6, 6.07) is 19.0. The number of rotatable bonds is 3. The topological polar surface area (TPSA) is 34.1 Å². The molecule has 0 radical (unpaired) electrons. The number of hydrazone groups is 1. The van der Waals surface area contributed by atoms with Gasteiger partial charge in [0.1, 0.15) is 11.5 Å². The van der Waals surface area contributed by atoms with Crippen molar-refractivity contribution in [3.63, 3.8) is 0 Å². The summed E-state index contributed by atoms with van der Waals surface area (Å²) in [4.78, 5) is 0. The van der Waals surface area contributed by atoms with Gasteiger partial charge >= 0.3 is 0 Å². The molecular formula is C23H17Cl3N2O2. The molecule has 30 heavy (non-hydrogen) atoms. The molecule has 0 aromatic heterocycles. The van der Waals surface area contributed by atoms with Crippen LogP contribution in [0.3, 0.4) is 0 Å². The van der Waals surface area contributed by atoms with E-state index < -0.39 is 6.23 Å². The van der Waals surface area contributed by atoms with Crippen LogP contribution in [0.1, 0.15) is 35.4 Å². The maximum absolute atomic E-state index is 6.50. The maximum Gasteiger partial charge on any atom is 0.215 e. The van der Waals surface area contributed by atoms with Gasteiger partial charge in [0.25, 0.3) is 0 Å². The van der Waals surface area contributed by atoms with Crippen LogP contribution in [0.25, 0.3) is 0 Å².